The maximum atomic E-state index is 12.0. The Balaban J connectivity index is 1.71. The van der Waals surface area contributed by atoms with Gasteiger partial charge < -0.3 is 10.1 Å². The van der Waals surface area contributed by atoms with Crippen LogP contribution in [0.5, 0.6) is 5.75 Å². The maximum absolute atomic E-state index is 12.0. The summed E-state index contributed by atoms with van der Waals surface area (Å²) >= 11 is 0. The lowest BCUT2D eigenvalue weighted by molar-refractivity contribution is -0.274. The highest BCUT2D eigenvalue weighted by Crippen LogP contribution is 2.24. The fourth-order valence-corrected chi connectivity index (χ4v) is 2.74. The average molecular weight is 301 g/mol. The molecule has 118 valence electrons. The zero-order valence-electron chi connectivity index (χ0n) is 12.2. The Morgan fingerprint density at radius 1 is 1.10 bits per heavy atom. The largest absolute Gasteiger partial charge is 0.573 e. The molecule has 1 fully saturated rings. The number of hydrogen-bond donors (Lipinski definition) is 1. The lowest BCUT2D eigenvalue weighted by Gasteiger charge is -2.27. The molecule has 0 unspecified atom stereocenters. The van der Waals surface area contributed by atoms with Gasteiger partial charge in [-0.05, 0) is 62.3 Å². The van der Waals surface area contributed by atoms with Gasteiger partial charge in [-0.2, -0.15) is 0 Å². The van der Waals surface area contributed by atoms with E-state index in [1.54, 1.807) is 12.1 Å². The minimum Gasteiger partial charge on any atom is -0.406 e. The summed E-state index contributed by atoms with van der Waals surface area (Å²) in [4.78, 5) is 0. The molecule has 0 heterocycles. The summed E-state index contributed by atoms with van der Waals surface area (Å²) < 4.78 is 40.0. The summed E-state index contributed by atoms with van der Waals surface area (Å²) in [5.41, 5.74) is 1.02. The van der Waals surface area contributed by atoms with Gasteiger partial charge in [0.05, 0.1) is 0 Å². The Labute approximate surface area is 123 Å². The minimum atomic E-state index is -4.62. The first-order valence-corrected chi connectivity index (χ1v) is 7.50. The second-order valence-electron chi connectivity index (χ2n) is 5.85. The van der Waals surface area contributed by atoms with E-state index in [0.29, 0.717) is 6.04 Å². The van der Waals surface area contributed by atoms with Crippen LogP contribution in [0.2, 0.25) is 0 Å². The monoisotopic (exact) mass is 301 g/mol. The van der Waals surface area contributed by atoms with Crippen LogP contribution in [0.4, 0.5) is 13.2 Å². The second kappa shape index (κ2) is 7.16. The van der Waals surface area contributed by atoms with Crippen molar-refractivity contribution in [2.75, 3.05) is 6.54 Å². The first-order chi connectivity index (χ1) is 9.92. The molecule has 0 saturated heterocycles. The fourth-order valence-electron chi connectivity index (χ4n) is 2.74. The Morgan fingerprint density at radius 3 is 2.29 bits per heavy atom. The molecular weight excluding hydrogens is 279 g/mol. The van der Waals surface area contributed by atoms with Gasteiger partial charge in [0.15, 0.2) is 0 Å². The van der Waals surface area contributed by atoms with E-state index in [4.69, 9.17) is 0 Å². The fraction of sp³-hybridized carbons (Fsp3) is 0.625. The number of benzene rings is 1. The predicted molar refractivity (Wildman–Crippen MR) is 76.3 cm³/mol. The Morgan fingerprint density at radius 2 is 1.71 bits per heavy atom. The molecule has 21 heavy (non-hydrogen) atoms. The normalized spacial score (nSPS) is 23.0. The van der Waals surface area contributed by atoms with Crippen LogP contribution in [0.25, 0.3) is 0 Å². The first kappa shape index (κ1) is 16.1. The van der Waals surface area contributed by atoms with E-state index in [2.05, 4.69) is 17.0 Å². The molecule has 0 amide bonds. The highest BCUT2D eigenvalue weighted by molar-refractivity contribution is 5.27. The molecule has 1 aliphatic carbocycles. The quantitative estimate of drug-likeness (QED) is 0.875. The smallest absolute Gasteiger partial charge is 0.406 e. The molecule has 0 aromatic heterocycles. The molecule has 2 rings (SSSR count). The standard InChI is InChI=1S/C16H22F3NO/c1-12-2-6-14(7-3-12)20-11-10-13-4-8-15(9-5-13)21-16(17,18)19/h4-5,8-9,12,14,20H,2-3,6-7,10-11H2,1H3. The Hall–Kier alpha value is -1.23. The molecule has 0 aliphatic heterocycles. The molecule has 0 bridgehead atoms. The molecule has 1 aliphatic rings. The van der Waals surface area contributed by atoms with E-state index >= 15 is 0 Å². The van der Waals surface area contributed by atoms with Gasteiger partial charge in [-0.1, -0.05) is 19.1 Å². The van der Waals surface area contributed by atoms with Crippen molar-refractivity contribution >= 4 is 0 Å². The van der Waals surface area contributed by atoms with Crippen molar-refractivity contribution in [3.05, 3.63) is 29.8 Å². The zero-order valence-corrected chi connectivity index (χ0v) is 12.2. The third kappa shape index (κ3) is 5.96. The lowest BCUT2D eigenvalue weighted by Crippen LogP contribution is -2.34. The van der Waals surface area contributed by atoms with Gasteiger partial charge in [-0.3, -0.25) is 0 Å². The Bertz CT molecular complexity index is 422. The molecule has 0 atom stereocenters. The average Bonchev–Trinajstić information content (AvgIpc) is 2.41. The minimum absolute atomic E-state index is 0.166. The van der Waals surface area contributed by atoms with Gasteiger partial charge >= 0.3 is 6.36 Å². The van der Waals surface area contributed by atoms with Crippen LogP contribution in [0.3, 0.4) is 0 Å². The first-order valence-electron chi connectivity index (χ1n) is 7.50. The summed E-state index contributed by atoms with van der Waals surface area (Å²) in [5, 5.41) is 3.53. The maximum Gasteiger partial charge on any atom is 0.573 e. The van der Waals surface area contributed by atoms with Crippen molar-refractivity contribution in [2.45, 2.75) is 51.4 Å². The lowest BCUT2D eigenvalue weighted by atomic mass is 9.87. The van der Waals surface area contributed by atoms with E-state index < -0.39 is 6.36 Å². The van der Waals surface area contributed by atoms with E-state index in [1.807, 2.05) is 0 Å². The number of nitrogens with one attached hydrogen (secondary N) is 1. The van der Waals surface area contributed by atoms with Crippen molar-refractivity contribution in [2.24, 2.45) is 5.92 Å². The van der Waals surface area contributed by atoms with Crippen molar-refractivity contribution < 1.29 is 17.9 Å². The van der Waals surface area contributed by atoms with Crippen molar-refractivity contribution in [3.63, 3.8) is 0 Å². The summed E-state index contributed by atoms with van der Waals surface area (Å²) in [6, 6.07) is 6.70. The van der Waals surface area contributed by atoms with Gasteiger partial charge in [-0.15, -0.1) is 13.2 Å². The molecule has 1 N–H and O–H groups in total. The van der Waals surface area contributed by atoms with Crippen LogP contribution in [0.1, 0.15) is 38.2 Å². The van der Waals surface area contributed by atoms with E-state index in [1.165, 1.54) is 37.8 Å². The van der Waals surface area contributed by atoms with Crippen molar-refractivity contribution in [1.82, 2.24) is 5.32 Å². The van der Waals surface area contributed by atoms with Crippen LogP contribution >= 0.6 is 0 Å². The number of halogens is 3. The third-order valence-corrected chi connectivity index (χ3v) is 4.02. The van der Waals surface area contributed by atoms with Crippen LogP contribution in [0.15, 0.2) is 24.3 Å². The zero-order chi connectivity index (χ0) is 15.3. The van der Waals surface area contributed by atoms with Crippen LogP contribution in [-0.4, -0.2) is 18.9 Å². The van der Waals surface area contributed by atoms with Crippen molar-refractivity contribution in [3.8, 4) is 5.75 Å². The van der Waals surface area contributed by atoms with Crippen molar-refractivity contribution in [1.29, 1.82) is 0 Å². The number of rotatable bonds is 5. The van der Waals surface area contributed by atoms with Gasteiger partial charge in [0.1, 0.15) is 5.75 Å². The van der Waals surface area contributed by atoms with Crippen LogP contribution in [-0.2, 0) is 6.42 Å². The topological polar surface area (TPSA) is 21.3 Å². The molecule has 1 saturated carbocycles. The number of alkyl halides is 3. The summed E-state index contributed by atoms with van der Waals surface area (Å²) in [6.07, 6.45) is 1.20. The van der Waals surface area contributed by atoms with Gasteiger partial charge in [0.25, 0.3) is 0 Å². The molecule has 0 spiro atoms. The second-order valence-corrected chi connectivity index (χ2v) is 5.85. The highest BCUT2D eigenvalue weighted by Gasteiger charge is 2.30. The molecular formula is C16H22F3NO. The van der Waals surface area contributed by atoms with Gasteiger partial charge in [0.2, 0.25) is 0 Å². The molecule has 5 heteroatoms. The number of hydrogen-bond acceptors (Lipinski definition) is 2. The highest BCUT2D eigenvalue weighted by atomic mass is 19.4. The Kier molecular flexibility index (Phi) is 5.51. The third-order valence-electron chi connectivity index (χ3n) is 4.02. The predicted octanol–water partition coefficient (Wildman–Crippen LogP) is 4.30. The molecule has 2 nitrogen and oxygen atoms in total. The molecule has 1 aromatic rings. The van der Waals surface area contributed by atoms with E-state index in [9.17, 15) is 13.2 Å². The molecule has 1 aromatic carbocycles. The van der Waals surface area contributed by atoms with Gasteiger partial charge in [-0.25, -0.2) is 0 Å². The summed E-state index contributed by atoms with van der Waals surface area (Å²) in [6.45, 7) is 3.15. The number of ether oxygens (including phenoxy) is 1. The summed E-state index contributed by atoms with van der Waals surface area (Å²) in [7, 11) is 0. The van der Waals surface area contributed by atoms with E-state index in [-0.39, 0.29) is 5.75 Å². The summed E-state index contributed by atoms with van der Waals surface area (Å²) in [5.74, 6) is 0.671. The van der Waals surface area contributed by atoms with E-state index in [0.717, 1.165) is 24.4 Å². The van der Waals surface area contributed by atoms with Crippen LogP contribution in [0, 0.1) is 5.92 Å². The molecule has 0 radical (unpaired) electrons. The van der Waals surface area contributed by atoms with Gasteiger partial charge in [0, 0.05) is 6.04 Å². The van der Waals surface area contributed by atoms with Crippen LogP contribution < -0.4 is 10.1 Å². The SMILES string of the molecule is CC1CCC(NCCc2ccc(OC(F)(F)F)cc2)CC1.